The number of ether oxygens (including phenoxy) is 1. The molecule has 0 aliphatic carbocycles. The highest BCUT2D eigenvalue weighted by atomic mass is 32.2. The van der Waals surface area contributed by atoms with Crippen molar-refractivity contribution in [1.29, 1.82) is 0 Å². The van der Waals surface area contributed by atoms with E-state index in [9.17, 15) is 12.8 Å². The van der Waals surface area contributed by atoms with Gasteiger partial charge < -0.3 is 10.1 Å². The van der Waals surface area contributed by atoms with Crippen LogP contribution in [-0.2, 0) is 16.4 Å². The molecule has 1 unspecified atom stereocenters. The molecule has 8 heteroatoms. The zero-order valence-corrected chi connectivity index (χ0v) is 18.7. The highest BCUT2D eigenvalue weighted by molar-refractivity contribution is 7.99. The van der Waals surface area contributed by atoms with E-state index in [0.717, 1.165) is 16.7 Å². The van der Waals surface area contributed by atoms with Crippen LogP contribution < -0.4 is 10.1 Å². The fraction of sp³-hybridized carbons (Fsp3) is 0.348. The molecule has 31 heavy (non-hydrogen) atoms. The molecule has 0 spiro atoms. The molecule has 0 amide bonds. The Bertz CT molecular complexity index is 1140. The van der Waals surface area contributed by atoms with E-state index >= 15 is 0 Å². The van der Waals surface area contributed by atoms with Crippen molar-refractivity contribution in [2.75, 3.05) is 30.4 Å². The summed E-state index contributed by atoms with van der Waals surface area (Å²) in [5, 5.41) is 4.19. The molecule has 5 nitrogen and oxygen atoms in total. The van der Waals surface area contributed by atoms with E-state index in [1.807, 2.05) is 24.3 Å². The van der Waals surface area contributed by atoms with Crippen LogP contribution in [0.1, 0.15) is 12.0 Å². The second-order valence-corrected chi connectivity index (χ2v) is 11.1. The molecule has 4 rings (SSSR count). The summed E-state index contributed by atoms with van der Waals surface area (Å²) in [6.45, 7) is 1.61. The first-order valence-corrected chi connectivity index (χ1v) is 13.1. The molecule has 164 valence electrons. The molecule has 3 aromatic rings. The number of fused-ring (bicyclic) bond motifs is 1. The topological polar surface area (TPSA) is 68.3 Å². The van der Waals surface area contributed by atoms with Gasteiger partial charge in [-0.2, -0.15) is 0 Å². The molecular weight excluding hydrogens is 435 g/mol. The molecule has 1 saturated heterocycles. The van der Waals surface area contributed by atoms with Gasteiger partial charge in [0.25, 0.3) is 0 Å². The second-order valence-electron chi connectivity index (χ2n) is 7.70. The molecule has 1 atom stereocenters. The van der Waals surface area contributed by atoms with Crippen LogP contribution in [0.25, 0.3) is 10.9 Å². The molecule has 0 radical (unpaired) electrons. The molecule has 2 heterocycles. The number of benzene rings is 2. The van der Waals surface area contributed by atoms with E-state index in [4.69, 9.17) is 4.74 Å². The number of hydrogen-bond acceptors (Lipinski definition) is 6. The van der Waals surface area contributed by atoms with Gasteiger partial charge in [0.05, 0.1) is 23.6 Å². The van der Waals surface area contributed by atoms with Gasteiger partial charge in [-0.3, -0.25) is 0 Å². The Kier molecular flexibility index (Phi) is 7.09. The zero-order valence-electron chi connectivity index (χ0n) is 17.1. The van der Waals surface area contributed by atoms with Gasteiger partial charge in [0.15, 0.2) is 9.84 Å². The lowest BCUT2D eigenvalue weighted by molar-refractivity contribution is 0.326. The lowest BCUT2D eigenvalue weighted by Crippen LogP contribution is -2.23. The van der Waals surface area contributed by atoms with E-state index in [0.29, 0.717) is 37.5 Å². The lowest BCUT2D eigenvalue weighted by Gasteiger charge is -2.14. The van der Waals surface area contributed by atoms with Crippen LogP contribution in [0.15, 0.2) is 59.5 Å². The Morgan fingerprint density at radius 2 is 2.00 bits per heavy atom. The number of nitrogens with one attached hydrogen (secondary N) is 1. The van der Waals surface area contributed by atoms with Crippen molar-refractivity contribution in [2.24, 2.45) is 5.92 Å². The fourth-order valence-corrected chi connectivity index (χ4v) is 6.29. The van der Waals surface area contributed by atoms with E-state index in [1.165, 1.54) is 17.0 Å². The summed E-state index contributed by atoms with van der Waals surface area (Å²) in [5.74, 6) is 1.57. The van der Waals surface area contributed by atoms with Crippen LogP contribution >= 0.6 is 11.8 Å². The van der Waals surface area contributed by atoms with Crippen molar-refractivity contribution >= 4 is 32.5 Å². The van der Waals surface area contributed by atoms with Gasteiger partial charge in [0.2, 0.25) is 5.88 Å². The van der Waals surface area contributed by atoms with E-state index < -0.39 is 9.84 Å². The lowest BCUT2D eigenvalue weighted by atomic mass is 10.1. The van der Waals surface area contributed by atoms with Crippen molar-refractivity contribution in [1.82, 2.24) is 10.3 Å². The first-order valence-electron chi connectivity index (χ1n) is 10.3. The predicted molar refractivity (Wildman–Crippen MR) is 123 cm³/mol. The normalized spacial score (nSPS) is 17.8. The summed E-state index contributed by atoms with van der Waals surface area (Å²) in [4.78, 5) is 5.72. The Morgan fingerprint density at radius 3 is 2.77 bits per heavy atom. The van der Waals surface area contributed by atoms with Crippen LogP contribution in [0, 0.1) is 11.7 Å². The monoisotopic (exact) mass is 460 g/mol. The minimum atomic E-state index is -2.88. The maximum absolute atomic E-state index is 13.7. The number of hydrogen-bond donors (Lipinski definition) is 1. The number of halogens is 1. The van der Waals surface area contributed by atoms with Crippen LogP contribution in [0.4, 0.5) is 4.39 Å². The smallest absolute Gasteiger partial charge is 0.218 e. The number of pyridine rings is 1. The van der Waals surface area contributed by atoms with Crippen molar-refractivity contribution in [2.45, 2.75) is 17.9 Å². The molecule has 1 fully saturated rings. The average molecular weight is 461 g/mol. The van der Waals surface area contributed by atoms with Crippen LogP contribution in [-0.4, -0.2) is 43.8 Å². The third-order valence-corrected chi connectivity index (χ3v) is 8.04. The number of thioether (sulfide) groups is 1. The second kappa shape index (κ2) is 9.97. The summed E-state index contributed by atoms with van der Waals surface area (Å²) in [5.41, 5.74) is 1.43. The highest BCUT2D eigenvalue weighted by Gasteiger charge is 2.27. The quantitative estimate of drug-likeness (QED) is 0.384. The molecule has 1 aliphatic heterocycles. The predicted octanol–water partition coefficient (Wildman–Crippen LogP) is 4.07. The van der Waals surface area contributed by atoms with Crippen molar-refractivity contribution < 1.29 is 17.5 Å². The standard InChI is InChI=1S/C23H25FN2O3S2/c24-20-7-6-18-12-19(15-25-14-17-8-11-31(27,28)16-17)23(26-22(18)13-20)29-9-10-30-21-4-2-1-3-5-21/h1-7,12-13,17,25H,8-11,14-16H2. The highest BCUT2D eigenvalue weighted by Crippen LogP contribution is 2.25. The summed E-state index contributed by atoms with van der Waals surface area (Å²) in [7, 11) is -2.88. The van der Waals surface area contributed by atoms with Crippen LogP contribution in [0.3, 0.4) is 0 Å². The Balaban J connectivity index is 1.41. The molecular formula is C23H25FN2O3S2. The maximum Gasteiger partial charge on any atom is 0.218 e. The third-order valence-electron chi connectivity index (χ3n) is 5.23. The number of aromatic nitrogens is 1. The van der Waals surface area contributed by atoms with Gasteiger partial charge in [0, 0.05) is 34.2 Å². The SMILES string of the molecule is O=S1(=O)CCC(CNCc2cc3ccc(F)cc3nc2OCCSc2ccccc2)C1. The molecule has 1 N–H and O–H groups in total. The van der Waals surface area contributed by atoms with Gasteiger partial charge in [-0.15, -0.1) is 11.8 Å². The molecule has 1 aromatic heterocycles. The minimum Gasteiger partial charge on any atom is -0.477 e. The molecule has 0 bridgehead atoms. The van der Waals surface area contributed by atoms with Gasteiger partial charge in [-0.1, -0.05) is 18.2 Å². The molecule has 0 saturated carbocycles. The maximum atomic E-state index is 13.7. The van der Waals surface area contributed by atoms with Crippen molar-refractivity contribution in [3.8, 4) is 5.88 Å². The molecule has 2 aromatic carbocycles. The zero-order chi connectivity index (χ0) is 21.7. The summed E-state index contributed by atoms with van der Waals surface area (Å²) < 4.78 is 42.9. The first kappa shape index (κ1) is 22.0. The Labute approximate surface area is 186 Å². The summed E-state index contributed by atoms with van der Waals surface area (Å²) in [6, 6.07) is 16.6. The largest absolute Gasteiger partial charge is 0.477 e. The van der Waals surface area contributed by atoms with Crippen LogP contribution in [0.2, 0.25) is 0 Å². The first-order chi connectivity index (χ1) is 15.0. The number of sulfone groups is 1. The van der Waals surface area contributed by atoms with Gasteiger partial charge in [0.1, 0.15) is 5.82 Å². The van der Waals surface area contributed by atoms with Gasteiger partial charge in [-0.25, -0.2) is 17.8 Å². The van der Waals surface area contributed by atoms with Gasteiger partial charge >= 0.3 is 0 Å². The van der Waals surface area contributed by atoms with Crippen molar-refractivity contribution in [3.05, 3.63) is 66.0 Å². The van der Waals surface area contributed by atoms with Crippen molar-refractivity contribution in [3.63, 3.8) is 0 Å². The summed E-state index contributed by atoms with van der Waals surface area (Å²) in [6.07, 6.45) is 0.699. The Morgan fingerprint density at radius 1 is 1.16 bits per heavy atom. The van der Waals surface area contributed by atoms with Gasteiger partial charge in [-0.05, 0) is 49.2 Å². The minimum absolute atomic E-state index is 0.138. The van der Waals surface area contributed by atoms with Crippen LogP contribution in [0.5, 0.6) is 5.88 Å². The average Bonchev–Trinajstić information content (AvgIpc) is 3.10. The molecule has 1 aliphatic rings. The fourth-order valence-electron chi connectivity index (χ4n) is 3.68. The third kappa shape index (κ3) is 6.18. The number of rotatable bonds is 9. The summed E-state index contributed by atoms with van der Waals surface area (Å²) >= 11 is 1.70. The Hall–Kier alpha value is -2.16. The number of nitrogens with zero attached hydrogens (tertiary/aromatic N) is 1. The van der Waals surface area contributed by atoms with E-state index in [1.54, 1.807) is 17.8 Å². The van der Waals surface area contributed by atoms with E-state index in [-0.39, 0.29) is 23.2 Å². The van der Waals surface area contributed by atoms with E-state index in [2.05, 4.69) is 22.4 Å².